The highest BCUT2D eigenvalue weighted by atomic mass is 32.1. The third kappa shape index (κ3) is 8.98. The van der Waals surface area contributed by atoms with Gasteiger partial charge in [-0.25, -0.2) is 4.98 Å². The van der Waals surface area contributed by atoms with Gasteiger partial charge in [0.2, 0.25) is 11.8 Å². The number of aryl methyl sites for hydroxylation is 1. The summed E-state index contributed by atoms with van der Waals surface area (Å²) in [5.41, 5.74) is 4.40. The second-order valence-corrected chi connectivity index (χ2v) is 13.1. The highest BCUT2D eigenvalue weighted by Gasteiger charge is 2.46. The number of rotatable bonds is 18. The van der Waals surface area contributed by atoms with Crippen LogP contribution in [0.15, 0.2) is 60.7 Å². The number of amides is 5. The molecule has 1 fully saturated rings. The van der Waals surface area contributed by atoms with E-state index in [9.17, 15) is 24.0 Å². The van der Waals surface area contributed by atoms with Gasteiger partial charge in [0.15, 0.2) is 6.61 Å². The van der Waals surface area contributed by atoms with Gasteiger partial charge in [-0.05, 0) is 67.4 Å². The Hall–Kier alpha value is -5.22. The second kappa shape index (κ2) is 17.3. The molecule has 0 radical (unpaired) electrons. The summed E-state index contributed by atoms with van der Waals surface area (Å²) in [6.45, 7) is 4.97. The van der Waals surface area contributed by atoms with Crippen molar-refractivity contribution in [1.82, 2.24) is 20.5 Å². The molecule has 2 aliphatic heterocycles. The van der Waals surface area contributed by atoms with Gasteiger partial charge in [-0.3, -0.25) is 34.2 Å². The number of anilines is 1. The van der Waals surface area contributed by atoms with Gasteiger partial charge in [0.25, 0.3) is 17.7 Å². The van der Waals surface area contributed by atoms with Gasteiger partial charge >= 0.3 is 0 Å². The summed E-state index contributed by atoms with van der Waals surface area (Å²) in [4.78, 5) is 67.8. The fourth-order valence-corrected chi connectivity index (χ4v) is 6.83. The highest BCUT2D eigenvalue weighted by molar-refractivity contribution is 7.21. The second-order valence-electron chi connectivity index (χ2n) is 12.1. The van der Waals surface area contributed by atoms with Crippen LogP contribution in [0.1, 0.15) is 39.1 Å². The Morgan fingerprint density at radius 2 is 1.63 bits per heavy atom. The van der Waals surface area contributed by atoms with Crippen molar-refractivity contribution in [2.45, 2.75) is 25.8 Å². The van der Waals surface area contributed by atoms with E-state index in [4.69, 9.17) is 23.9 Å². The molecule has 15 heteroatoms. The van der Waals surface area contributed by atoms with Crippen molar-refractivity contribution in [3.05, 3.63) is 77.4 Å². The molecule has 1 unspecified atom stereocenters. The van der Waals surface area contributed by atoms with Crippen LogP contribution >= 0.6 is 11.3 Å². The highest BCUT2D eigenvalue weighted by Crippen LogP contribution is 2.34. The lowest BCUT2D eigenvalue weighted by Gasteiger charge is -2.27. The van der Waals surface area contributed by atoms with Gasteiger partial charge < -0.3 is 29.6 Å². The normalized spacial score (nSPS) is 15.6. The molecule has 6 rings (SSSR count). The van der Waals surface area contributed by atoms with E-state index >= 15 is 0 Å². The lowest BCUT2D eigenvalue weighted by atomic mass is 10.0. The van der Waals surface area contributed by atoms with E-state index in [1.54, 1.807) is 11.3 Å². The topological polar surface area (TPSA) is 174 Å². The molecule has 3 N–H and O–H groups in total. The number of carbonyl (C=O) groups is 5. The number of nitrogens with zero attached hydrogens (tertiary/aromatic N) is 2. The van der Waals surface area contributed by atoms with Crippen LogP contribution in [0.25, 0.3) is 20.8 Å². The molecule has 2 aliphatic rings. The number of aromatic nitrogens is 1. The number of benzene rings is 3. The average molecular weight is 730 g/mol. The molecular formula is C37H39N5O9S. The smallest absolute Gasteiger partial charge is 0.266 e. The molecule has 3 aromatic carbocycles. The molecule has 1 aromatic heterocycles. The SMILES string of the molecule is Cc1ccc2nc(-c3ccc(NCCOCCOCCOCCNC(=O)COc4cccc5c4C(=O)N(C4CCC(=O)NC4=O)C5=O)cc3)sc2c1. The Balaban J connectivity index is 0.782. The van der Waals surface area contributed by atoms with Crippen molar-refractivity contribution in [3.8, 4) is 16.3 Å². The van der Waals surface area contributed by atoms with Gasteiger partial charge in [-0.15, -0.1) is 11.3 Å². The molecule has 0 aliphatic carbocycles. The number of imide groups is 2. The Bertz CT molecular complexity index is 1950. The van der Waals surface area contributed by atoms with E-state index in [-0.39, 0.29) is 42.9 Å². The number of fused-ring (bicyclic) bond motifs is 2. The molecule has 5 amide bonds. The van der Waals surface area contributed by atoms with Crippen LogP contribution < -0.4 is 20.7 Å². The number of carbonyl (C=O) groups excluding carboxylic acids is 5. The fourth-order valence-electron chi connectivity index (χ4n) is 5.76. The minimum Gasteiger partial charge on any atom is -0.483 e. The summed E-state index contributed by atoms with van der Waals surface area (Å²) in [5, 5.41) is 9.18. The average Bonchev–Trinajstić information content (AvgIpc) is 3.67. The summed E-state index contributed by atoms with van der Waals surface area (Å²) in [7, 11) is 0. The van der Waals surface area contributed by atoms with Crippen molar-refractivity contribution in [2.24, 2.45) is 0 Å². The van der Waals surface area contributed by atoms with Crippen molar-refractivity contribution < 1.29 is 42.9 Å². The summed E-state index contributed by atoms with van der Waals surface area (Å²) < 4.78 is 23.4. The quantitative estimate of drug-likeness (QED) is 0.101. The molecular weight excluding hydrogens is 691 g/mol. The Labute approximate surface area is 303 Å². The first-order valence-electron chi connectivity index (χ1n) is 17.0. The van der Waals surface area contributed by atoms with E-state index in [1.807, 2.05) is 12.1 Å². The van der Waals surface area contributed by atoms with E-state index in [0.29, 0.717) is 39.6 Å². The molecule has 4 aromatic rings. The fraction of sp³-hybridized carbons (Fsp3) is 0.351. The van der Waals surface area contributed by atoms with Crippen molar-refractivity contribution >= 4 is 56.8 Å². The van der Waals surface area contributed by atoms with Crippen molar-refractivity contribution in [1.29, 1.82) is 0 Å². The minimum absolute atomic E-state index is 0.0164. The third-order valence-electron chi connectivity index (χ3n) is 8.35. The van der Waals surface area contributed by atoms with Crippen LogP contribution in [0.3, 0.4) is 0 Å². The number of nitrogens with one attached hydrogen (secondary N) is 3. The molecule has 1 atom stereocenters. The third-order valence-corrected chi connectivity index (χ3v) is 9.42. The molecule has 0 saturated carbocycles. The maximum atomic E-state index is 13.1. The molecule has 0 spiro atoms. The monoisotopic (exact) mass is 729 g/mol. The van der Waals surface area contributed by atoms with E-state index in [0.717, 1.165) is 26.7 Å². The lowest BCUT2D eigenvalue weighted by Crippen LogP contribution is -2.54. The Kier molecular flexibility index (Phi) is 12.2. The zero-order chi connectivity index (χ0) is 36.5. The van der Waals surface area contributed by atoms with Gasteiger partial charge in [0.05, 0.1) is 61.0 Å². The van der Waals surface area contributed by atoms with Gasteiger partial charge in [0, 0.05) is 30.8 Å². The van der Waals surface area contributed by atoms with Crippen LogP contribution in [-0.4, -0.2) is 105 Å². The summed E-state index contributed by atoms with van der Waals surface area (Å²) in [6, 6.07) is 17.9. The predicted octanol–water partition coefficient (Wildman–Crippen LogP) is 3.33. The first kappa shape index (κ1) is 36.6. The Morgan fingerprint density at radius 1 is 0.904 bits per heavy atom. The number of thiazole rings is 1. The molecule has 272 valence electrons. The molecule has 14 nitrogen and oxygen atoms in total. The van der Waals surface area contributed by atoms with Crippen molar-refractivity contribution in [3.63, 3.8) is 0 Å². The van der Waals surface area contributed by atoms with Gasteiger partial charge in [-0.2, -0.15) is 0 Å². The molecule has 1 saturated heterocycles. The van der Waals surface area contributed by atoms with E-state index < -0.39 is 42.2 Å². The van der Waals surface area contributed by atoms with Crippen LogP contribution in [0, 0.1) is 6.92 Å². The van der Waals surface area contributed by atoms with Gasteiger partial charge in [-0.1, -0.05) is 12.1 Å². The van der Waals surface area contributed by atoms with E-state index in [2.05, 4.69) is 53.2 Å². The first-order valence-corrected chi connectivity index (χ1v) is 17.8. The van der Waals surface area contributed by atoms with Gasteiger partial charge in [0.1, 0.15) is 16.8 Å². The number of hydrogen-bond acceptors (Lipinski definition) is 12. The standard InChI is InChI=1S/C37H39N5O9S/c1-23-5-10-27-30(21-23)52-35(40-27)24-6-8-25(9-7-24)38-13-15-48-17-19-50-20-18-49-16-14-39-32(44)22-51-29-4-2-3-26-33(29)37(47)42(36(26)46)28-11-12-31(43)41-34(28)45/h2-10,21,28,38H,11-20,22H2,1H3,(H,39,44)(H,41,43,45). The maximum absolute atomic E-state index is 13.1. The first-order chi connectivity index (χ1) is 25.3. The van der Waals surface area contributed by atoms with Crippen LogP contribution in [0.5, 0.6) is 5.75 Å². The van der Waals surface area contributed by atoms with E-state index in [1.165, 1.54) is 28.5 Å². The number of piperidine rings is 1. The summed E-state index contributed by atoms with van der Waals surface area (Å²) in [6.07, 6.45) is 0.0581. The number of ether oxygens (including phenoxy) is 4. The zero-order valence-electron chi connectivity index (χ0n) is 28.6. The van der Waals surface area contributed by atoms with Crippen LogP contribution in [-0.2, 0) is 28.6 Å². The zero-order valence-corrected chi connectivity index (χ0v) is 29.4. The van der Waals surface area contributed by atoms with Crippen LogP contribution in [0.2, 0.25) is 0 Å². The predicted molar refractivity (Wildman–Crippen MR) is 192 cm³/mol. The number of hydrogen-bond donors (Lipinski definition) is 3. The summed E-state index contributed by atoms with van der Waals surface area (Å²) in [5.74, 6) is -2.91. The summed E-state index contributed by atoms with van der Waals surface area (Å²) >= 11 is 1.70. The van der Waals surface area contributed by atoms with Crippen molar-refractivity contribution in [2.75, 3.05) is 64.7 Å². The molecule has 0 bridgehead atoms. The Morgan fingerprint density at radius 3 is 2.38 bits per heavy atom. The maximum Gasteiger partial charge on any atom is 0.266 e. The minimum atomic E-state index is -1.09. The lowest BCUT2D eigenvalue weighted by molar-refractivity contribution is -0.136. The molecule has 52 heavy (non-hydrogen) atoms. The van der Waals surface area contributed by atoms with Crippen LogP contribution in [0.4, 0.5) is 5.69 Å². The molecule has 3 heterocycles. The largest absolute Gasteiger partial charge is 0.483 e.